The molecule has 0 saturated carbocycles. The van der Waals surface area contributed by atoms with E-state index >= 15 is 0 Å². The summed E-state index contributed by atoms with van der Waals surface area (Å²) in [5, 5.41) is 16.7. The quantitative estimate of drug-likeness (QED) is 0.550. The van der Waals surface area contributed by atoms with E-state index in [9.17, 15) is 4.79 Å². The molecule has 3 heteroatoms. The summed E-state index contributed by atoms with van der Waals surface area (Å²) in [5.74, 6) is -0.187. The highest BCUT2D eigenvalue weighted by atomic mass is 16.1. The van der Waals surface area contributed by atoms with Gasteiger partial charge in [-0.1, -0.05) is 24.3 Å². The number of rotatable bonds is 3. The molecule has 0 aromatic heterocycles. The molecule has 0 bridgehead atoms. The van der Waals surface area contributed by atoms with Crippen molar-refractivity contribution < 1.29 is 4.79 Å². The van der Waals surface area contributed by atoms with Gasteiger partial charge in [-0.25, -0.2) is 0 Å². The SMILES string of the molecule is N#CC=Cc1ccc(C(=O)CC#N)cc1. The van der Waals surface area contributed by atoms with Gasteiger partial charge in [0.1, 0.15) is 0 Å². The molecule has 0 radical (unpaired) electrons. The van der Waals surface area contributed by atoms with E-state index in [-0.39, 0.29) is 12.2 Å². The zero-order valence-corrected chi connectivity index (χ0v) is 7.97. The molecule has 0 unspecified atom stereocenters. The number of benzene rings is 1. The van der Waals surface area contributed by atoms with Crippen LogP contribution >= 0.6 is 0 Å². The topological polar surface area (TPSA) is 64.7 Å². The lowest BCUT2D eigenvalue weighted by atomic mass is 10.1. The lowest BCUT2D eigenvalue weighted by molar-refractivity contribution is 0.0998. The summed E-state index contributed by atoms with van der Waals surface area (Å²) in [7, 11) is 0. The van der Waals surface area contributed by atoms with Gasteiger partial charge < -0.3 is 0 Å². The van der Waals surface area contributed by atoms with Gasteiger partial charge in [0.2, 0.25) is 0 Å². The maximum atomic E-state index is 11.3. The van der Waals surface area contributed by atoms with Gasteiger partial charge >= 0.3 is 0 Å². The third kappa shape index (κ3) is 3.10. The number of ketones is 1. The standard InChI is InChI=1S/C12H8N2O/c13-8-1-2-10-3-5-11(6-4-10)12(15)7-9-14/h1-6H,7H2. The highest BCUT2D eigenvalue weighted by Crippen LogP contribution is 2.08. The second kappa shape index (κ2) is 5.36. The zero-order chi connectivity index (χ0) is 11.1. The first-order valence-electron chi connectivity index (χ1n) is 4.34. The minimum absolute atomic E-state index is 0.104. The predicted octanol–water partition coefficient (Wildman–Crippen LogP) is 2.32. The molecule has 3 nitrogen and oxygen atoms in total. The monoisotopic (exact) mass is 196 g/mol. The Morgan fingerprint density at radius 2 is 1.93 bits per heavy atom. The molecular weight excluding hydrogens is 188 g/mol. The maximum absolute atomic E-state index is 11.3. The third-order valence-corrected chi connectivity index (χ3v) is 1.82. The number of allylic oxidation sites excluding steroid dienone is 1. The molecule has 1 rings (SSSR count). The zero-order valence-electron chi connectivity index (χ0n) is 7.97. The fraction of sp³-hybridized carbons (Fsp3) is 0.0833. The molecule has 0 aliphatic heterocycles. The lowest BCUT2D eigenvalue weighted by Crippen LogP contribution is -1.96. The van der Waals surface area contributed by atoms with Gasteiger partial charge in [-0.15, -0.1) is 0 Å². The van der Waals surface area contributed by atoms with Crippen LogP contribution in [0.3, 0.4) is 0 Å². The highest BCUT2D eigenvalue weighted by molar-refractivity contribution is 5.97. The molecular formula is C12H8N2O. The summed E-state index contributed by atoms with van der Waals surface area (Å²) >= 11 is 0. The Morgan fingerprint density at radius 3 is 2.47 bits per heavy atom. The van der Waals surface area contributed by atoms with Crippen molar-refractivity contribution in [1.82, 2.24) is 0 Å². The molecule has 1 aromatic rings. The van der Waals surface area contributed by atoms with Crippen molar-refractivity contribution in [2.45, 2.75) is 6.42 Å². The number of carbonyl (C=O) groups is 1. The van der Waals surface area contributed by atoms with E-state index in [1.165, 1.54) is 6.08 Å². The second-order valence-corrected chi connectivity index (χ2v) is 2.84. The van der Waals surface area contributed by atoms with E-state index in [2.05, 4.69) is 0 Å². The minimum Gasteiger partial charge on any atom is -0.293 e. The molecule has 1 aromatic carbocycles. The van der Waals surface area contributed by atoms with Gasteiger partial charge in [0.15, 0.2) is 5.78 Å². The number of nitriles is 2. The Balaban J connectivity index is 2.82. The first-order valence-corrected chi connectivity index (χ1v) is 4.34. The first kappa shape index (κ1) is 10.7. The molecule has 0 heterocycles. The Labute approximate surface area is 87.9 Å². The summed E-state index contributed by atoms with van der Waals surface area (Å²) in [5.41, 5.74) is 1.37. The van der Waals surface area contributed by atoms with Crippen LogP contribution in [0.2, 0.25) is 0 Å². The number of hydrogen-bond acceptors (Lipinski definition) is 3. The Bertz CT molecular complexity index is 458. The van der Waals surface area contributed by atoms with E-state index in [0.717, 1.165) is 5.56 Å². The van der Waals surface area contributed by atoms with E-state index < -0.39 is 0 Å². The third-order valence-electron chi connectivity index (χ3n) is 1.82. The van der Waals surface area contributed by atoms with Crippen molar-refractivity contribution in [3.63, 3.8) is 0 Å². The number of hydrogen-bond donors (Lipinski definition) is 0. The van der Waals surface area contributed by atoms with E-state index in [0.29, 0.717) is 5.56 Å². The average molecular weight is 196 g/mol. The van der Waals surface area contributed by atoms with Crippen LogP contribution in [0, 0.1) is 22.7 Å². The van der Waals surface area contributed by atoms with Crippen LogP contribution in [0.5, 0.6) is 0 Å². The maximum Gasteiger partial charge on any atom is 0.176 e. The van der Waals surface area contributed by atoms with Gasteiger partial charge in [-0.05, 0) is 11.6 Å². The fourth-order valence-corrected chi connectivity index (χ4v) is 1.09. The van der Waals surface area contributed by atoms with Crippen LogP contribution in [-0.4, -0.2) is 5.78 Å². The molecule has 0 N–H and O–H groups in total. The summed E-state index contributed by atoms with van der Waals surface area (Å²) in [6, 6.07) is 10.5. The summed E-state index contributed by atoms with van der Waals surface area (Å²) < 4.78 is 0. The van der Waals surface area contributed by atoms with Crippen LogP contribution in [0.25, 0.3) is 6.08 Å². The van der Waals surface area contributed by atoms with Crippen molar-refractivity contribution in [3.8, 4) is 12.1 Å². The molecule has 0 spiro atoms. The van der Waals surface area contributed by atoms with E-state index in [4.69, 9.17) is 10.5 Å². The van der Waals surface area contributed by atoms with E-state index in [1.54, 1.807) is 30.3 Å². The van der Waals surface area contributed by atoms with E-state index in [1.807, 2.05) is 12.1 Å². The second-order valence-electron chi connectivity index (χ2n) is 2.84. The smallest absolute Gasteiger partial charge is 0.176 e. The Hall–Kier alpha value is -2.39. The summed E-state index contributed by atoms with van der Waals surface area (Å²) in [4.78, 5) is 11.3. The van der Waals surface area contributed by atoms with Crippen molar-refractivity contribution in [3.05, 3.63) is 41.5 Å². The summed E-state index contributed by atoms with van der Waals surface area (Å²) in [6.07, 6.45) is 2.91. The van der Waals surface area contributed by atoms with Gasteiger partial charge in [0.05, 0.1) is 18.6 Å². The molecule has 0 fully saturated rings. The minimum atomic E-state index is -0.187. The molecule has 0 aliphatic carbocycles. The van der Waals surface area contributed by atoms with Crippen molar-refractivity contribution in [2.75, 3.05) is 0 Å². The van der Waals surface area contributed by atoms with Gasteiger partial charge in [-0.2, -0.15) is 10.5 Å². The number of carbonyl (C=O) groups excluding carboxylic acids is 1. The molecule has 15 heavy (non-hydrogen) atoms. The van der Waals surface area contributed by atoms with Gasteiger partial charge in [-0.3, -0.25) is 4.79 Å². The Morgan fingerprint density at radius 1 is 1.27 bits per heavy atom. The van der Waals surface area contributed by atoms with Crippen LogP contribution < -0.4 is 0 Å². The largest absolute Gasteiger partial charge is 0.293 e. The average Bonchev–Trinajstić information content (AvgIpc) is 2.27. The first-order chi connectivity index (χ1) is 7.27. The van der Waals surface area contributed by atoms with Gasteiger partial charge in [0.25, 0.3) is 0 Å². The predicted molar refractivity (Wildman–Crippen MR) is 55.6 cm³/mol. The molecule has 0 aliphatic rings. The summed E-state index contributed by atoms with van der Waals surface area (Å²) in [6.45, 7) is 0. The Kier molecular flexibility index (Phi) is 3.82. The molecule has 72 valence electrons. The van der Waals surface area contributed by atoms with Gasteiger partial charge in [0, 0.05) is 11.6 Å². The normalized spacial score (nSPS) is 9.47. The highest BCUT2D eigenvalue weighted by Gasteiger charge is 2.03. The van der Waals surface area contributed by atoms with Crippen LogP contribution in [0.15, 0.2) is 30.3 Å². The fourth-order valence-electron chi connectivity index (χ4n) is 1.09. The number of Topliss-reactive ketones (excluding diaryl/α,β-unsaturated/α-hetero) is 1. The van der Waals surface area contributed by atoms with Crippen LogP contribution in [0.1, 0.15) is 22.3 Å². The van der Waals surface area contributed by atoms with Crippen molar-refractivity contribution >= 4 is 11.9 Å². The number of nitrogens with zero attached hydrogens (tertiary/aromatic N) is 2. The van der Waals surface area contributed by atoms with Crippen molar-refractivity contribution in [2.24, 2.45) is 0 Å². The van der Waals surface area contributed by atoms with Crippen LogP contribution in [0.4, 0.5) is 0 Å². The molecule has 0 saturated heterocycles. The lowest BCUT2D eigenvalue weighted by Gasteiger charge is -1.96. The molecule has 0 amide bonds. The van der Waals surface area contributed by atoms with Crippen LogP contribution in [-0.2, 0) is 0 Å². The van der Waals surface area contributed by atoms with Crippen molar-refractivity contribution in [1.29, 1.82) is 10.5 Å². The molecule has 0 atom stereocenters.